The predicted molar refractivity (Wildman–Crippen MR) is 106 cm³/mol. The molecule has 4 heterocycles. The van der Waals surface area contributed by atoms with Gasteiger partial charge >= 0.3 is 0 Å². The average Bonchev–Trinajstić information content (AvgIpc) is 3.43. The molecule has 29 heavy (non-hydrogen) atoms. The molecule has 0 aliphatic carbocycles. The minimum absolute atomic E-state index is 0.0519. The van der Waals surface area contributed by atoms with Crippen LogP contribution in [0.2, 0.25) is 0 Å². The first-order chi connectivity index (χ1) is 14.1. The van der Waals surface area contributed by atoms with E-state index in [4.69, 9.17) is 4.42 Å². The minimum Gasteiger partial charge on any atom is -0.467 e. The average molecular weight is 406 g/mol. The molecule has 9 nitrogen and oxygen atoms in total. The summed E-state index contributed by atoms with van der Waals surface area (Å²) in [5.41, 5.74) is 1.16. The van der Waals surface area contributed by atoms with Gasteiger partial charge in [0.25, 0.3) is 10.0 Å². The number of nitrogens with one attached hydrogen (secondary N) is 1. The lowest BCUT2D eigenvalue weighted by Gasteiger charge is -2.23. The number of hydrogen-bond acceptors (Lipinski definition) is 7. The largest absolute Gasteiger partial charge is 0.467 e. The molecule has 0 fully saturated rings. The summed E-state index contributed by atoms with van der Waals surface area (Å²) in [7, 11) is -4.05. The highest BCUT2D eigenvalue weighted by Crippen LogP contribution is 2.31. The number of hydrogen-bond donors (Lipinski definition) is 1. The Kier molecular flexibility index (Phi) is 3.98. The number of H-pyrrole nitrogens is 1. The van der Waals surface area contributed by atoms with Crippen LogP contribution >= 0.6 is 0 Å². The van der Waals surface area contributed by atoms with Crippen molar-refractivity contribution in [1.82, 2.24) is 24.9 Å². The molecule has 0 radical (unpaired) electrons. The number of aromatic amines is 1. The van der Waals surface area contributed by atoms with E-state index in [1.807, 2.05) is 12.1 Å². The van der Waals surface area contributed by atoms with Crippen molar-refractivity contribution in [3.05, 3.63) is 73.3 Å². The monoisotopic (exact) mass is 406 g/mol. The van der Waals surface area contributed by atoms with E-state index in [0.29, 0.717) is 22.4 Å². The summed E-state index contributed by atoms with van der Waals surface area (Å²) in [5.74, 6) is 0.643. The Bertz CT molecular complexity index is 1410. The van der Waals surface area contributed by atoms with Crippen LogP contribution in [0.15, 0.2) is 76.9 Å². The molecular weight excluding hydrogens is 392 g/mol. The molecule has 0 saturated carbocycles. The number of fused-ring (bicyclic) bond motifs is 2. The fraction of sp³-hybridized carbons (Fsp3) is 0.0526. The van der Waals surface area contributed by atoms with Gasteiger partial charge in [-0.3, -0.25) is 4.98 Å². The first-order valence-corrected chi connectivity index (χ1v) is 10.1. The molecule has 1 aromatic carbocycles. The quantitative estimate of drug-likeness (QED) is 0.477. The second-order valence-electron chi connectivity index (χ2n) is 6.22. The van der Waals surface area contributed by atoms with Crippen LogP contribution in [0.3, 0.4) is 0 Å². The number of pyridine rings is 1. The normalized spacial score (nSPS) is 11.9. The lowest BCUT2D eigenvalue weighted by Crippen LogP contribution is -2.31. The third-order valence-electron chi connectivity index (χ3n) is 4.48. The van der Waals surface area contributed by atoms with Gasteiger partial charge in [-0.05, 0) is 24.3 Å². The van der Waals surface area contributed by atoms with E-state index in [1.54, 1.807) is 30.5 Å². The molecule has 0 aliphatic heterocycles. The van der Waals surface area contributed by atoms with Crippen molar-refractivity contribution in [3.63, 3.8) is 0 Å². The van der Waals surface area contributed by atoms with Gasteiger partial charge in [-0.1, -0.05) is 18.2 Å². The fourth-order valence-corrected chi connectivity index (χ4v) is 4.73. The molecule has 0 aliphatic rings. The van der Waals surface area contributed by atoms with Crippen LogP contribution < -0.4 is 4.31 Å². The number of imidazole rings is 1. The van der Waals surface area contributed by atoms with Gasteiger partial charge in [0.1, 0.15) is 22.5 Å². The molecule has 0 amide bonds. The summed E-state index contributed by atoms with van der Waals surface area (Å²) in [4.78, 5) is 19.7. The van der Waals surface area contributed by atoms with Crippen LogP contribution in [-0.2, 0) is 16.6 Å². The number of anilines is 1. The van der Waals surface area contributed by atoms with Crippen LogP contribution in [0.1, 0.15) is 5.76 Å². The van der Waals surface area contributed by atoms with E-state index >= 15 is 0 Å². The molecule has 0 atom stereocenters. The number of furan rings is 1. The van der Waals surface area contributed by atoms with Gasteiger partial charge in [0.2, 0.25) is 0 Å². The minimum atomic E-state index is -4.05. The Morgan fingerprint density at radius 3 is 2.76 bits per heavy atom. The topological polar surface area (TPSA) is 118 Å². The van der Waals surface area contributed by atoms with E-state index < -0.39 is 10.0 Å². The second-order valence-corrected chi connectivity index (χ2v) is 8.05. The summed E-state index contributed by atoms with van der Waals surface area (Å²) in [5, 5.41) is 0.723. The summed E-state index contributed by atoms with van der Waals surface area (Å²) in [6.45, 7) is -0.0519. The number of aromatic nitrogens is 5. The van der Waals surface area contributed by atoms with E-state index in [-0.39, 0.29) is 17.3 Å². The SMILES string of the molecule is O=S(=O)(c1cccc2cccnc12)N(Cc1ccco1)c1ncnc2nc[nH]c12. The third kappa shape index (κ3) is 2.90. The summed E-state index contributed by atoms with van der Waals surface area (Å²) < 4.78 is 34.2. The van der Waals surface area contributed by atoms with E-state index in [0.717, 1.165) is 5.39 Å². The highest BCUT2D eigenvalue weighted by Gasteiger charge is 2.31. The first-order valence-electron chi connectivity index (χ1n) is 8.67. The second kappa shape index (κ2) is 6.67. The maximum absolute atomic E-state index is 13.8. The fourth-order valence-electron chi connectivity index (χ4n) is 3.16. The standard InChI is InChI=1S/C19H14N6O3S/c26-29(27,15-7-1-4-13-5-2-8-20-16(13)15)25(10-14-6-3-9-28-14)19-17-18(22-11-21-17)23-12-24-19/h1-9,11-12H,10H2,(H,21,22,23,24). The zero-order valence-corrected chi connectivity index (χ0v) is 15.7. The highest BCUT2D eigenvalue weighted by molar-refractivity contribution is 7.93. The van der Waals surface area contributed by atoms with Gasteiger partial charge in [0.15, 0.2) is 11.5 Å². The molecule has 144 valence electrons. The summed E-state index contributed by atoms with van der Waals surface area (Å²) in [6, 6.07) is 12.0. The van der Waals surface area contributed by atoms with Gasteiger partial charge in [0, 0.05) is 11.6 Å². The van der Waals surface area contributed by atoms with Crippen molar-refractivity contribution in [2.45, 2.75) is 11.4 Å². The number of nitrogens with zero attached hydrogens (tertiary/aromatic N) is 5. The van der Waals surface area contributed by atoms with Crippen LogP contribution in [0.4, 0.5) is 5.82 Å². The van der Waals surface area contributed by atoms with Crippen molar-refractivity contribution in [2.75, 3.05) is 4.31 Å². The van der Waals surface area contributed by atoms with Crippen LogP contribution in [-0.4, -0.2) is 33.3 Å². The number of rotatable bonds is 5. The smallest absolute Gasteiger partial charge is 0.268 e. The van der Waals surface area contributed by atoms with Crippen LogP contribution in [0.25, 0.3) is 22.1 Å². The lowest BCUT2D eigenvalue weighted by molar-refractivity contribution is 0.508. The van der Waals surface area contributed by atoms with E-state index in [1.165, 1.54) is 29.3 Å². The lowest BCUT2D eigenvalue weighted by atomic mass is 10.2. The van der Waals surface area contributed by atoms with Gasteiger partial charge in [0.05, 0.1) is 24.7 Å². The van der Waals surface area contributed by atoms with Gasteiger partial charge < -0.3 is 9.40 Å². The Morgan fingerprint density at radius 2 is 1.90 bits per heavy atom. The van der Waals surface area contributed by atoms with Gasteiger partial charge in [-0.15, -0.1) is 0 Å². The Morgan fingerprint density at radius 1 is 1.00 bits per heavy atom. The molecule has 10 heteroatoms. The van der Waals surface area contributed by atoms with Crippen molar-refractivity contribution in [3.8, 4) is 0 Å². The zero-order chi connectivity index (χ0) is 19.8. The molecule has 1 N–H and O–H groups in total. The van der Waals surface area contributed by atoms with E-state index in [9.17, 15) is 8.42 Å². The summed E-state index contributed by atoms with van der Waals surface area (Å²) in [6.07, 6.45) is 5.78. The predicted octanol–water partition coefficient (Wildman–Crippen LogP) is 2.89. The number of para-hydroxylation sites is 1. The molecule has 4 aromatic heterocycles. The van der Waals surface area contributed by atoms with Crippen LogP contribution in [0.5, 0.6) is 0 Å². The maximum atomic E-state index is 13.8. The van der Waals surface area contributed by atoms with Crippen molar-refractivity contribution in [1.29, 1.82) is 0 Å². The highest BCUT2D eigenvalue weighted by atomic mass is 32.2. The van der Waals surface area contributed by atoms with Crippen molar-refractivity contribution in [2.24, 2.45) is 0 Å². The van der Waals surface area contributed by atoms with Crippen molar-refractivity contribution < 1.29 is 12.8 Å². The van der Waals surface area contributed by atoms with E-state index in [2.05, 4.69) is 24.9 Å². The first kappa shape index (κ1) is 17.3. The number of sulfonamides is 1. The van der Waals surface area contributed by atoms with Gasteiger partial charge in [-0.25, -0.2) is 27.7 Å². The Balaban J connectivity index is 1.75. The maximum Gasteiger partial charge on any atom is 0.268 e. The molecule has 5 aromatic rings. The molecule has 0 spiro atoms. The third-order valence-corrected chi connectivity index (χ3v) is 6.25. The summed E-state index contributed by atoms with van der Waals surface area (Å²) >= 11 is 0. The molecule has 0 unspecified atom stereocenters. The molecule has 0 saturated heterocycles. The molecule has 0 bridgehead atoms. The van der Waals surface area contributed by atoms with Crippen LogP contribution in [0, 0.1) is 0 Å². The Labute approximate surface area is 165 Å². The van der Waals surface area contributed by atoms with Crippen molar-refractivity contribution >= 4 is 37.9 Å². The number of benzene rings is 1. The Hall–Kier alpha value is -3.79. The molecular formula is C19H14N6O3S. The zero-order valence-electron chi connectivity index (χ0n) is 14.9. The van der Waals surface area contributed by atoms with Gasteiger partial charge in [-0.2, -0.15) is 0 Å². The molecule has 5 rings (SSSR count).